The van der Waals surface area contributed by atoms with Crippen LogP contribution in [0.2, 0.25) is 0 Å². The minimum atomic E-state index is -0.514. The molecule has 1 heterocycles. The van der Waals surface area contributed by atoms with Crippen molar-refractivity contribution in [2.75, 3.05) is 0 Å². The molecule has 0 N–H and O–H groups in total. The van der Waals surface area contributed by atoms with Crippen molar-refractivity contribution in [1.29, 1.82) is 5.26 Å². The zero-order chi connectivity index (χ0) is 42.2. The van der Waals surface area contributed by atoms with E-state index in [9.17, 15) is 5.26 Å². The first-order chi connectivity index (χ1) is 31.2. The van der Waals surface area contributed by atoms with Crippen LogP contribution in [0.3, 0.4) is 0 Å². The lowest BCUT2D eigenvalue weighted by molar-refractivity contribution is 0.768. The average molecular weight is 802 g/mol. The smallest absolute Gasteiger partial charge is 0.160 e. The van der Waals surface area contributed by atoms with E-state index < -0.39 is 5.41 Å². The molecule has 0 radical (unpaired) electrons. The van der Waals surface area contributed by atoms with E-state index in [1.54, 1.807) is 0 Å². The molecular weight excluding hydrogens is 763 g/mol. The predicted molar refractivity (Wildman–Crippen MR) is 257 cm³/mol. The monoisotopic (exact) mass is 801 g/mol. The number of nitriles is 1. The molecule has 0 aliphatic heterocycles. The lowest BCUT2D eigenvalue weighted by atomic mass is 9.67. The van der Waals surface area contributed by atoms with E-state index in [2.05, 4.69) is 212 Å². The standard InChI is InChI=1S/C60H39N3/c61-40-41-21-35-55-53(37-41)54-38-50(34-36-56(54)60(55,51-17-9-3-10-18-51)52-19-11-4-12-20-52)46-24-22-44(23-25-46)45-28-32-48(33-29-45)58-39-57(62-59(63-58)49-15-7-2-8-16-49)47-30-26-43(27-31-47)42-13-5-1-6-14-42/h1-39H. The molecule has 3 heteroatoms. The van der Waals surface area contributed by atoms with Crippen LogP contribution >= 0.6 is 0 Å². The van der Waals surface area contributed by atoms with E-state index in [-0.39, 0.29) is 0 Å². The van der Waals surface area contributed by atoms with Gasteiger partial charge in [0.05, 0.1) is 28.4 Å². The molecule has 1 aromatic heterocycles. The van der Waals surface area contributed by atoms with Crippen molar-refractivity contribution in [2.24, 2.45) is 0 Å². The van der Waals surface area contributed by atoms with Crippen LogP contribution in [0.4, 0.5) is 0 Å². The minimum Gasteiger partial charge on any atom is -0.228 e. The summed E-state index contributed by atoms with van der Waals surface area (Å²) in [6, 6.07) is 85.7. The Hall–Kier alpha value is -8.45. The van der Waals surface area contributed by atoms with Gasteiger partial charge >= 0.3 is 0 Å². The Balaban J connectivity index is 0.920. The van der Waals surface area contributed by atoms with Crippen LogP contribution in [0.1, 0.15) is 27.8 Å². The van der Waals surface area contributed by atoms with E-state index in [0.29, 0.717) is 11.4 Å². The molecule has 0 spiro atoms. The fourth-order valence-electron chi connectivity index (χ4n) is 9.36. The quantitative estimate of drug-likeness (QED) is 0.154. The van der Waals surface area contributed by atoms with Crippen LogP contribution in [-0.2, 0) is 5.41 Å². The van der Waals surface area contributed by atoms with Crippen LogP contribution in [0.5, 0.6) is 0 Å². The third kappa shape index (κ3) is 6.72. The Kier molecular flexibility index (Phi) is 9.45. The maximum atomic E-state index is 10.00. The Bertz CT molecular complexity index is 3240. The normalized spacial score (nSPS) is 12.2. The topological polar surface area (TPSA) is 49.6 Å². The molecule has 0 saturated carbocycles. The van der Waals surface area contributed by atoms with Crippen molar-refractivity contribution < 1.29 is 0 Å². The second-order valence-electron chi connectivity index (χ2n) is 16.0. The molecule has 1 aliphatic carbocycles. The SMILES string of the molecule is N#Cc1ccc2c(c1)-c1cc(-c3ccc(-c4ccc(-c5cc(-c6ccc(-c7ccccc7)cc6)nc(-c6ccccc6)n5)cc4)cc3)ccc1C2(c1ccccc1)c1ccccc1. The molecule has 0 bridgehead atoms. The minimum absolute atomic E-state index is 0.514. The Labute approximate surface area is 368 Å². The summed E-state index contributed by atoms with van der Waals surface area (Å²) in [5.41, 5.74) is 18.9. The van der Waals surface area contributed by atoms with Gasteiger partial charge in [-0.05, 0) is 91.0 Å². The van der Waals surface area contributed by atoms with Gasteiger partial charge in [-0.2, -0.15) is 5.26 Å². The number of nitrogens with zero attached hydrogens (tertiary/aromatic N) is 3. The average Bonchev–Trinajstić information content (AvgIpc) is 3.67. The van der Waals surface area contributed by atoms with E-state index >= 15 is 0 Å². The second-order valence-corrected chi connectivity index (χ2v) is 16.0. The molecular formula is C60H39N3. The molecule has 11 rings (SSSR count). The largest absolute Gasteiger partial charge is 0.228 e. The van der Waals surface area contributed by atoms with E-state index in [0.717, 1.165) is 61.5 Å². The molecule has 1 aliphatic rings. The summed E-state index contributed by atoms with van der Waals surface area (Å²) < 4.78 is 0. The molecule has 9 aromatic carbocycles. The third-order valence-electron chi connectivity index (χ3n) is 12.5. The highest BCUT2D eigenvalue weighted by molar-refractivity contribution is 5.90. The number of aromatic nitrogens is 2. The van der Waals surface area contributed by atoms with E-state index in [1.165, 1.54) is 33.4 Å². The first kappa shape index (κ1) is 37.5. The van der Waals surface area contributed by atoms with Crippen LogP contribution < -0.4 is 0 Å². The van der Waals surface area contributed by atoms with Gasteiger partial charge in [0.15, 0.2) is 5.82 Å². The van der Waals surface area contributed by atoms with Gasteiger partial charge in [-0.3, -0.25) is 0 Å². The van der Waals surface area contributed by atoms with Crippen LogP contribution in [0.25, 0.3) is 78.4 Å². The first-order valence-corrected chi connectivity index (χ1v) is 21.3. The third-order valence-corrected chi connectivity index (χ3v) is 12.5. The van der Waals surface area contributed by atoms with Crippen LogP contribution in [0.15, 0.2) is 237 Å². The highest BCUT2D eigenvalue weighted by atomic mass is 14.9. The molecule has 0 fully saturated rings. The molecule has 0 unspecified atom stereocenters. The van der Waals surface area contributed by atoms with Crippen molar-refractivity contribution in [3.05, 3.63) is 264 Å². The lowest BCUT2D eigenvalue weighted by Gasteiger charge is -2.33. The number of hydrogen-bond donors (Lipinski definition) is 0. The Morgan fingerprint density at radius 1 is 0.317 bits per heavy atom. The van der Waals surface area contributed by atoms with Gasteiger partial charge in [-0.1, -0.05) is 212 Å². The van der Waals surface area contributed by atoms with Crippen molar-refractivity contribution in [2.45, 2.75) is 5.41 Å². The molecule has 294 valence electrons. The zero-order valence-corrected chi connectivity index (χ0v) is 34.4. The Morgan fingerprint density at radius 3 is 1.16 bits per heavy atom. The lowest BCUT2D eigenvalue weighted by Crippen LogP contribution is -2.28. The van der Waals surface area contributed by atoms with Crippen molar-refractivity contribution in [1.82, 2.24) is 9.97 Å². The summed E-state index contributed by atoms with van der Waals surface area (Å²) in [5.74, 6) is 0.696. The van der Waals surface area contributed by atoms with E-state index in [4.69, 9.17) is 9.97 Å². The first-order valence-electron chi connectivity index (χ1n) is 21.3. The summed E-state index contributed by atoms with van der Waals surface area (Å²) in [7, 11) is 0. The predicted octanol–water partition coefficient (Wildman–Crippen LogP) is 14.7. The van der Waals surface area contributed by atoms with E-state index in [1.807, 2.05) is 30.3 Å². The molecule has 3 nitrogen and oxygen atoms in total. The zero-order valence-electron chi connectivity index (χ0n) is 34.4. The summed E-state index contributed by atoms with van der Waals surface area (Å²) in [6.07, 6.45) is 0. The fraction of sp³-hybridized carbons (Fsp3) is 0.0167. The maximum Gasteiger partial charge on any atom is 0.160 e. The maximum absolute atomic E-state index is 10.00. The van der Waals surface area contributed by atoms with Crippen molar-refractivity contribution in [3.63, 3.8) is 0 Å². The molecule has 10 aromatic rings. The van der Waals surface area contributed by atoms with Gasteiger partial charge in [0.1, 0.15) is 0 Å². The summed E-state index contributed by atoms with van der Waals surface area (Å²) in [6.45, 7) is 0. The van der Waals surface area contributed by atoms with Gasteiger partial charge in [-0.15, -0.1) is 0 Å². The van der Waals surface area contributed by atoms with Gasteiger partial charge in [-0.25, -0.2) is 9.97 Å². The summed E-state index contributed by atoms with van der Waals surface area (Å²) >= 11 is 0. The number of benzene rings is 9. The summed E-state index contributed by atoms with van der Waals surface area (Å²) in [5, 5.41) is 10.00. The van der Waals surface area contributed by atoms with Crippen molar-refractivity contribution >= 4 is 0 Å². The molecule has 0 amide bonds. The number of hydrogen-bond acceptors (Lipinski definition) is 3. The highest BCUT2D eigenvalue weighted by Gasteiger charge is 2.46. The second kappa shape index (κ2) is 15.9. The molecule has 0 atom stereocenters. The van der Waals surface area contributed by atoms with Crippen LogP contribution in [-0.4, -0.2) is 9.97 Å². The number of rotatable bonds is 8. The van der Waals surface area contributed by atoms with Crippen molar-refractivity contribution in [3.8, 4) is 84.5 Å². The number of fused-ring (bicyclic) bond motifs is 3. The van der Waals surface area contributed by atoms with Crippen LogP contribution in [0, 0.1) is 11.3 Å². The van der Waals surface area contributed by atoms with Gasteiger partial charge in [0.2, 0.25) is 0 Å². The van der Waals surface area contributed by atoms with Gasteiger partial charge in [0, 0.05) is 16.7 Å². The summed E-state index contributed by atoms with van der Waals surface area (Å²) in [4.78, 5) is 10.1. The van der Waals surface area contributed by atoms with Gasteiger partial charge in [0.25, 0.3) is 0 Å². The Morgan fingerprint density at radius 2 is 0.683 bits per heavy atom. The highest BCUT2D eigenvalue weighted by Crippen LogP contribution is 2.57. The van der Waals surface area contributed by atoms with Gasteiger partial charge < -0.3 is 0 Å². The fourth-order valence-corrected chi connectivity index (χ4v) is 9.36. The molecule has 0 saturated heterocycles. The molecule has 63 heavy (non-hydrogen) atoms.